The zero-order valence-corrected chi connectivity index (χ0v) is 6.47. The van der Waals surface area contributed by atoms with E-state index < -0.39 is 13.9 Å². The number of thioether (sulfide) groups is 1. The summed E-state index contributed by atoms with van der Waals surface area (Å²) in [6.45, 7) is 1.76. The van der Waals surface area contributed by atoms with E-state index in [-0.39, 0.29) is 0 Å². The minimum atomic E-state index is -2.77. The molecular formula is C4H8O2S2. The predicted molar refractivity (Wildman–Crippen MR) is 35.7 cm³/mol. The molecule has 1 atom stereocenters. The molecular weight excluding hydrogens is 144 g/mol. The molecule has 0 bridgehead atoms. The van der Waals surface area contributed by atoms with Crippen LogP contribution in [-0.4, -0.2) is 24.5 Å². The molecule has 0 amide bonds. The highest BCUT2D eigenvalue weighted by Crippen LogP contribution is 2.47. The van der Waals surface area contributed by atoms with Gasteiger partial charge in [0, 0.05) is 12.0 Å². The quantitative estimate of drug-likeness (QED) is 0.513. The molecule has 1 aliphatic rings. The van der Waals surface area contributed by atoms with Crippen molar-refractivity contribution in [3.05, 3.63) is 0 Å². The van der Waals surface area contributed by atoms with E-state index in [0.717, 1.165) is 5.75 Å². The minimum Gasteiger partial charge on any atom is -0.228 e. The first-order valence-electron chi connectivity index (χ1n) is 2.29. The highest BCUT2D eigenvalue weighted by molar-refractivity contribution is 8.21. The fourth-order valence-corrected chi connectivity index (χ4v) is 2.41. The van der Waals surface area contributed by atoms with Crippen molar-refractivity contribution in [1.82, 2.24) is 0 Å². The van der Waals surface area contributed by atoms with Crippen LogP contribution in [0.1, 0.15) is 6.92 Å². The van der Waals surface area contributed by atoms with Crippen molar-refractivity contribution >= 4 is 21.6 Å². The van der Waals surface area contributed by atoms with Crippen LogP contribution in [0.3, 0.4) is 0 Å². The van der Waals surface area contributed by atoms with Gasteiger partial charge < -0.3 is 0 Å². The smallest absolute Gasteiger partial charge is 0.162 e. The van der Waals surface area contributed by atoms with Gasteiger partial charge in [-0.2, -0.15) is 0 Å². The van der Waals surface area contributed by atoms with Crippen LogP contribution in [0.5, 0.6) is 0 Å². The second-order valence-corrected chi connectivity index (χ2v) is 6.38. The molecule has 2 nitrogen and oxygen atoms in total. The molecule has 8 heavy (non-hydrogen) atoms. The molecule has 0 radical (unpaired) electrons. The topological polar surface area (TPSA) is 34.1 Å². The van der Waals surface area contributed by atoms with E-state index >= 15 is 0 Å². The lowest BCUT2D eigenvalue weighted by molar-refractivity contribution is 0.594. The molecule has 0 N–H and O–H groups in total. The second kappa shape index (κ2) is 1.42. The van der Waals surface area contributed by atoms with Gasteiger partial charge in [0.25, 0.3) is 0 Å². The molecule has 0 saturated carbocycles. The Balaban J connectivity index is 2.90. The van der Waals surface area contributed by atoms with Crippen molar-refractivity contribution in [1.29, 1.82) is 0 Å². The number of hydrogen-bond donors (Lipinski definition) is 0. The third-order valence-electron chi connectivity index (χ3n) is 1.34. The van der Waals surface area contributed by atoms with Crippen molar-refractivity contribution in [2.45, 2.75) is 11.0 Å². The van der Waals surface area contributed by atoms with E-state index in [9.17, 15) is 8.42 Å². The summed E-state index contributed by atoms with van der Waals surface area (Å²) < 4.78 is 21.0. The average molecular weight is 152 g/mol. The molecule has 4 heteroatoms. The van der Waals surface area contributed by atoms with Gasteiger partial charge in [-0.15, -0.1) is 11.8 Å². The molecule has 1 heterocycles. The summed E-state index contributed by atoms with van der Waals surface area (Å²) in [6, 6.07) is 0. The molecule has 1 rings (SSSR count). The molecule has 1 saturated heterocycles. The van der Waals surface area contributed by atoms with E-state index in [0.29, 0.717) is 0 Å². The Labute approximate surface area is 53.6 Å². The van der Waals surface area contributed by atoms with Crippen LogP contribution in [0.25, 0.3) is 0 Å². The Morgan fingerprint density at radius 2 is 2.00 bits per heavy atom. The molecule has 0 aliphatic carbocycles. The van der Waals surface area contributed by atoms with Crippen LogP contribution < -0.4 is 0 Å². The van der Waals surface area contributed by atoms with Gasteiger partial charge in [-0.05, 0) is 6.92 Å². The maximum atomic E-state index is 10.7. The molecule has 1 fully saturated rings. The van der Waals surface area contributed by atoms with Gasteiger partial charge in [0.1, 0.15) is 4.08 Å². The van der Waals surface area contributed by atoms with Crippen LogP contribution in [-0.2, 0) is 9.84 Å². The van der Waals surface area contributed by atoms with Crippen molar-refractivity contribution in [3.8, 4) is 0 Å². The van der Waals surface area contributed by atoms with Gasteiger partial charge in [-0.25, -0.2) is 8.42 Å². The van der Waals surface area contributed by atoms with Gasteiger partial charge in [0.05, 0.1) is 0 Å². The van der Waals surface area contributed by atoms with E-state index in [1.54, 1.807) is 6.92 Å². The van der Waals surface area contributed by atoms with Gasteiger partial charge >= 0.3 is 0 Å². The van der Waals surface area contributed by atoms with Gasteiger partial charge in [0.2, 0.25) is 0 Å². The lowest BCUT2D eigenvalue weighted by Gasteiger charge is -1.99. The highest BCUT2D eigenvalue weighted by Gasteiger charge is 2.48. The summed E-state index contributed by atoms with van der Waals surface area (Å²) in [5.41, 5.74) is 0. The first-order valence-corrected chi connectivity index (χ1v) is 5.17. The Morgan fingerprint density at radius 3 is 2.00 bits per heavy atom. The first kappa shape index (κ1) is 6.42. The lowest BCUT2D eigenvalue weighted by atomic mass is 10.6. The third-order valence-corrected chi connectivity index (χ3v) is 5.62. The van der Waals surface area contributed by atoms with Crippen LogP contribution in [0.15, 0.2) is 0 Å². The van der Waals surface area contributed by atoms with Crippen LogP contribution in [0.2, 0.25) is 0 Å². The predicted octanol–water partition coefficient (Wildman–Crippen LogP) is 0.494. The van der Waals surface area contributed by atoms with E-state index in [1.165, 1.54) is 18.0 Å². The standard InChI is InChI=1S/C4H8O2S2/c1-4(3-7-4)8(2,5)6/h3H2,1-2H3. The van der Waals surface area contributed by atoms with Gasteiger partial charge in [-0.1, -0.05) is 0 Å². The minimum absolute atomic E-state index is 0.424. The summed E-state index contributed by atoms with van der Waals surface area (Å²) in [6.07, 6.45) is 1.28. The van der Waals surface area contributed by atoms with E-state index in [4.69, 9.17) is 0 Å². The summed E-state index contributed by atoms with van der Waals surface area (Å²) >= 11 is 1.49. The SMILES string of the molecule is CC1(S(C)(=O)=O)CS1. The summed E-state index contributed by atoms with van der Waals surface area (Å²) in [5, 5.41) is 0. The highest BCUT2D eigenvalue weighted by atomic mass is 32.3. The van der Waals surface area contributed by atoms with Crippen molar-refractivity contribution in [2.75, 3.05) is 12.0 Å². The third kappa shape index (κ3) is 0.865. The van der Waals surface area contributed by atoms with Crippen molar-refractivity contribution in [2.24, 2.45) is 0 Å². The van der Waals surface area contributed by atoms with Crippen LogP contribution >= 0.6 is 11.8 Å². The lowest BCUT2D eigenvalue weighted by Crippen LogP contribution is -2.16. The molecule has 0 aromatic carbocycles. The molecule has 0 aromatic heterocycles. The van der Waals surface area contributed by atoms with E-state index in [2.05, 4.69) is 0 Å². The van der Waals surface area contributed by atoms with Gasteiger partial charge in [0.15, 0.2) is 9.84 Å². The Bertz CT molecular complexity index is 188. The monoisotopic (exact) mass is 152 g/mol. The van der Waals surface area contributed by atoms with Crippen LogP contribution in [0, 0.1) is 0 Å². The number of hydrogen-bond acceptors (Lipinski definition) is 3. The maximum Gasteiger partial charge on any atom is 0.162 e. The molecule has 1 unspecified atom stereocenters. The summed E-state index contributed by atoms with van der Waals surface area (Å²) in [5.74, 6) is 0.770. The molecule has 0 spiro atoms. The van der Waals surface area contributed by atoms with Gasteiger partial charge in [-0.3, -0.25) is 0 Å². The Morgan fingerprint density at radius 1 is 1.62 bits per heavy atom. The molecule has 48 valence electrons. The molecule has 0 aromatic rings. The molecule has 1 aliphatic heterocycles. The zero-order valence-electron chi connectivity index (χ0n) is 4.84. The first-order chi connectivity index (χ1) is 3.46. The normalized spacial score (nSPS) is 37.2. The zero-order chi connectivity index (χ0) is 6.41. The average Bonchev–Trinajstić information content (AvgIpc) is 2.16. The van der Waals surface area contributed by atoms with E-state index in [1.807, 2.05) is 0 Å². The Kier molecular flexibility index (Phi) is 1.14. The number of sulfone groups is 1. The fraction of sp³-hybridized carbons (Fsp3) is 1.00. The largest absolute Gasteiger partial charge is 0.228 e. The van der Waals surface area contributed by atoms with Crippen molar-refractivity contribution in [3.63, 3.8) is 0 Å². The maximum absolute atomic E-state index is 10.7. The summed E-state index contributed by atoms with van der Waals surface area (Å²) in [4.78, 5) is 0. The summed E-state index contributed by atoms with van der Waals surface area (Å²) in [7, 11) is -2.77. The fourth-order valence-electron chi connectivity index (χ4n) is 0.316. The van der Waals surface area contributed by atoms with Crippen LogP contribution in [0.4, 0.5) is 0 Å². The number of rotatable bonds is 1. The second-order valence-electron chi connectivity index (χ2n) is 2.19. The van der Waals surface area contributed by atoms with Crippen molar-refractivity contribution < 1.29 is 8.42 Å². The Hall–Kier alpha value is 0.300.